The molecule has 3 aliphatic rings. The van der Waals surface area contributed by atoms with Crippen LogP contribution in [0.15, 0.2) is 24.9 Å². The second-order valence-electron chi connectivity index (χ2n) is 9.68. The molecule has 29 heavy (non-hydrogen) atoms. The van der Waals surface area contributed by atoms with Crippen molar-refractivity contribution >= 4 is 5.91 Å². The summed E-state index contributed by atoms with van der Waals surface area (Å²) in [5.74, 6) is 1.26. The van der Waals surface area contributed by atoms with Gasteiger partial charge in [0.1, 0.15) is 0 Å². The summed E-state index contributed by atoms with van der Waals surface area (Å²) in [5.41, 5.74) is 1.96. The van der Waals surface area contributed by atoms with E-state index in [0.29, 0.717) is 11.9 Å². The molecular formula is C22H32N6O. The van der Waals surface area contributed by atoms with E-state index in [1.807, 2.05) is 24.3 Å². The van der Waals surface area contributed by atoms with E-state index < -0.39 is 0 Å². The highest BCUT2D eigenvalue weighted by Gasteiger charge is 2.58. The molecule has 2 unspecified atom stereocenters. The van der Waals surface area contributed by atoms with Crippen molar-refractivity contribution in [2.24, 2.45) is 18.4 Å². The zero-order chi connectivity index (χ0) is 20.2. The molecule has 156 valence electrons. The Morgan fingerprint density at radius 1 is 1.28 bits per heavy atom. The molecule has 7 nitrogen and oxygen atoms in total. The minimum atomic E-state index is -0.326. The third kappa shape index (κ3) is 3.39. The summed E-state index contributed by atoms with van der Waals surface area (Å²) in [5, 5.41) is 4.31. The first-order valence-electron chi connectivity index (χ1n) is 11.0. The topological polar surface area (TPSA) is 59.2 Å². The van der Waals surface area contributed by atoms with Gasteiger partial charge >= 0.3 is 0 Å². The summed E-state index contributed by atoms with van der Waals surface area (Å²) in [6.07, 6.45) is 11.6. The number of hydrogen-bond donors (Lipinski definition) is 0. The molecular weight excluding hydrogens is 364 g/mol. The third-order valence-corrected chi connectivity index (χ3v) is 7.07. The maximum absolute atomic E-state index is 13.7. The Morgan fingerprint density at radius 2 is 2.10 bits per heavy atom. The highest BCUT2D eigenvalue weighted by atomic mass is 16.2. The average Bonchev–Trinajstić information content (AvgIpc) is 3.02. The van der Waals surface area contributed by atoms with Crippen LogP contribution in [0.5, 0.6) is 0 Å². The molecule has 4 heterocycles. The lowest BCUT2D eigenvalue weighted by atomic mass is 9.75. The number of hydrogen-bond acceptors (Lipinski definition) is 4. The van der Waals surface area contributed by atoms with Crippen molar-refractivity contribution in [1.82, 2.24) is 29.1 Å². The van der Waals surface area contributed by atoms with Gasteiger partial charge in [-0.2, -0.15) is 5.10 Å². The number of aromatic nitrogens is 4. The average molecular weight is 397 g/mol. The Bertz CT molecular complexity index is 897. The molecule has 1 spiro atoms. The second-order valence-corrected chi connectivity index (χ2v) is 9.68. The molecule has 2 aromatic heterocycles. The van der Waals surface area contributed by atoms with Gasteiger partial charge in [0.2, 0.25) is 5.91 Å². The molecule has 0 N–H and O–H groups in total. The van der Waals surface area contributed by atoms with Gasteiger partial charge in [-0.15, -0.1) is 0 Å². The summed E-state index contributed by atoms with van der Waals surface area (Å²) in [4.78, 5) is 23.0. The van der Waals surface area contributed by atoms with Crippen LogP contribution in [0.25, 0.3) is 0 Å². The van der Waals surface area contributed by atoms with Crippen LogP contribution in [0.2, 0.25) is 0 Å². The van der Waals surface area contributed by atoms with Gasteiger partial charge in [0.05, 0.1) is 23.6 Å². The lowest BCUT2D eigenvalue weighted by molar-refractivity contribution is -0.136. The minimum absolute atomic E-state index is 0.163. The SMILES string of the molecule is CC(C)n1cnc(C2CN(Cc3cnn(C)c3)CC23CCN(CC2CC2)C3=O)c1. The predicted octanol–water partition coefficient (Wildman–Crippen LogP) is 2.43. The monoisotopic (exact) mass is 396 g/mol. The van der Waals surface area contributed by atoms with Gasteiger partial charge < -0.3 is 9.47 Å². The first-order valence-corrected chi connectivity index (χ1v) is 11.0. The van der Waals surface area contributed by atoms with Crippen molar-refractivity contribution in [3.05, 3.63) is 36.2 Å². The fraction of sp³-hybridized carbons (Fsp3) is 0.682. The lowest BCUT2D eigenvalue weighted by Gasteiger charge is -2.28. The zero-order valence-electron chi connectivity index (χ0n) is 17.8. The van der Waals surface area contributed by atoms with Crippen molar-refractivity contribution in [2.75, 3.05) is 26.2 Å². The van der Waals surface area contributed by atoms with Crippen LogP contribution in [0, 0.1) is 11.3 Å². The summed E-state index contributed by atoms with van der Waals surface area (Å²) < 4.78 is 4.01. The van der Waals surface area contributed by atoms with E-state index >= 15 is 0 Å². The molecule has 2 aromatic rings. The normalized spacial score (nSPS) is 27.8. The van der Waals surface area contributed by atoms with Crippen molar-refractivity contribution in [1.29, 1.82) is 0 Å². The van der Waals surface area contributed by atoms with Gasteiger partial charge in [-0.05, 0) is 39.0 Å². The smallest absolute Gasteiger partial charge is 0.230 e. The Morgan fingerprint density at radius 3 is 2.76 bits per heavy atom. The quantitative estimate of drug-likeness (QED) is 0.752. The van der Waals surface area contributed by atoms with Crippen molar-refractivity contribution in [2.45, 2.75) is 51.6 Å². The Kier molecular flexibility index (Phi) is 4.53. The summed E-state index contributed by atoms with van der Waals surface area (Å²) in [7, 11) is 1.95. The highest BCUT2D eigenvalue weighted by Crippen LogP contribution is 2.50. The largest absolute Gasteiger partial charge is 0.342 e. The van der Waals surface area contributed by atoms with Gasteiger partial charge in [-0.25, -0.2) is 4.98 Å². The first kappa shape index (κ1) is 18.9. The number of aryl methyl sites for hydroxylation is 1. The van der Waals surface area contributed by atoms with E-state index in [-0.39, 0.29) is 11.3 Å². The number of imidazole rings is 1. The second kappa shape index (κ2) is 6.97. The summed E-state index contributed by atoms with van der Waals surface area (Å²) >= 11 is 0. The van der Waals surface area contributed by atoms with Crippen molar-refractivity contribution in [3.8, 4) is 0 Å². The van der Waals surface area contributed by atoms with Crippen LogP contribution in [0.1, 0.15) is 56.3 Å². The number of nitrogens with zero attached hydrogens (tertiary/aromatic N) is 6. The number of carbonyl (C=O) groups excluding carboxylic acids is 1. The van der Waals surface area contributed by atoms with Gasteiger partial charge in [0.15, 0.2) is 0 Å². The van der Waals surface area contributed by atoms with E-state index in [2.05, 4.69) is 45.7 Å². The molecule has 5 rings (SSSR count). The van der Waals surface area contributed by atoms with Crippen LogP contribution < -0.4 is 0 Å². The van der Waals surface area contributed by atoms with E-state index in [1.54, 1.807) is 0 Å². The van der Waals surface area contributed by atoms with E-state index in [4.69, 9.17) is 4.98 Å². The maximum atomic E-state index is 13.7. The van der Waals surface area contributed by atoms with Crippen LogP contribution in [0.4, 0.5) is 0 Å². The zero-order valence-corrected chi connectivity index (χ0v) is 17.8. The van der Waals surface area contributed by atoms with Gasteiger partial charge in [0.25, 0.3) is 0 Å². The molecule has 2 saturated heterocycles. The minimum Gasteiger partial charge on any atom is -0.342 e. The molecule has 0 bridgehead atoms. The van der Waals surface area contributed by atoms with Crippen LogP contribution in [-0.4, -0.2) is 61.2 Å². The van der Waals surface area contributed by atoms with E-state index in [9.17, 15) is 4.79 Å². The molecule has 2 atom stereocenters. The number of carbonyl (C=O) groups is 1. The molecule has 1 saturated carbocycles. The molecule has 0 radical (unpaired) electrons. The van der Waals surface area contributed by atoms with Gasteiger partial charge in [-0.1, -0.05) is 0 Å². The van der Waals surface area contributed by atoms with E-state index in [1.165, 1.54) is 18.4 Å². The fourth-order valence-electron chi connectivity index (χ4n) is 5.24. The molecule has 1 aliphatic carbocycles. The number of likely N-dealkylation sites (tertiary alicyclic amines) is 2. The van der Waals surface area contributed by atoms with E-state index in [0.717, 1.165) is 50.8 Å². The number of amides is 1. The highest BCUT2D eigenvalue weighted by molar-refractivity contribution is 5.86. The summed E-state index contributed by atoms with van der Waals surface area (Å²) in [6, 6.07) is 0.380. The van der Waals surface area contributed by atoms with Crippen LogP contribution >= 0.6 is 0 Å². The van der Waals surface area contributed by atoms with Crippen LogP contribution in [-0.2, 0) is 18.4 Å². The standard InChI is InChI=1S/C22H32N6O/c1-16(2)28-13-20(23-15-28)19-12-26(10-18-8-24-25(3)9-18)14-22(19)6-7-27(21(22)29)11-17-4-5-17/h8-9,13,15-17,19H,4-7,10-12,14H2,1-3H3. The molecule has 7 heteroatoms. The first-order chi connectivity index (χ1) is 13.9. The lowest BCUT2D eigenvalue weighted by Crippen LogP contribution is -2.40. The van der Waals surface area contributed by atoms with Crippen molar-refractivity contribution < 1.29 is 4.79 Å². The third-order valence-electron chi connectivity index (χ3n) is 7.07. The summed E-state index contributed by atoms with van der Waals surface area (Å²) in [6.45, 7) is 8.74. The van der Waals surface area contributed by atoms with Crippen molar-refractivity contribution in [3.63, 3.8) is 0 Å². The fourth-order valence-corrected chi connectivity index (χ4v) is 5.24. The Balaban J connectivity index is 1.43. The Labute approximate surface area is 172 Å². The molecule has 3 fully saturated rings. The molecule has 0 aromatic carbocycles. The number of rotatable bonds is 6. The maximum Gasteiger partial charge on any atom is 0.230 e. The Hall–Kier alpha value is -2.15. The van der Waals surface area contributed by atoms with Crippen LogP contribution in [0.3, 0.4) is 0 Å². The van der Waals surface area contributed by atoms with Gasteiger partial charge in [0, 0.05) is 69.7 Å². The molecule has 2 aliphatic heterocycles. The predicted molar refractivity (Wildman–Crippen MR) is 110 cm³/mol. The molecule has 1 amide bonds. The van der Waals surface area contributed by atoms with Gasteiger partial charge in [-0.3, -0.25) is 14.4 Å².